The Hall–Kier alpha value is -2.31. The van der Waals surface area contributed by atoms with E-state index in [9.17, 15) is 0 Å². The summed E-state index contributed by atoms with van der Waals surface area (Å²) < 4.78 is 1.42. The summed E-state index contributed by atoms with van der Waals surface area (Å²) in [6.07, 6.45) is 8.41. The van der Waals surface area contributed by atoms with Gasteiger partial charge >= 0.3 is 112 Å². The summed E-state index contributed by atoms with van der Waals surface area (Å²) in [6.45, 7) is 22.1. The van der Waals surface area contributed by atoms with E-state index in [-0.39, 0.29) is 35.6 Å². The molecule has 6 rings (SSSR count). The second kappa shape index (κ2) is 16.7. The molecule has 4 aromatic rings. The van der Waals surface area contributed by atoms with Crippen molar-refractivity contribution in [2.75, 3.05) is 0 Å². The van der Waals surface area contributed by atoms with Gasteiger partial charge in [-0.25, -0.2) is 11.6 Å². The Morgan fingerprint density at radius 2 is 1.20 bits per heavy atom. The smallest absolute Gasteiger partial charge is 1.00 e. The second-order valence-corrected chi connectivity index (χ2v) is 15.7. The van der Waals surface area contributed by atoms with Gasteiger partial charge in [0, 0.05) is 0 Å². The van der Waals surface area contributed by atoms with E-state index in [1.54, 1.807) is 0 Å². The molecule has 4 aromatic carbocycles. The molecule has 0 spiro atoms. The van der Waals surface area contributed by atoms with Gasteiger partial charge in [-0.15, -0.1) is 12.5 Å². The maximum atomic E-state index is 3.53. The van der Waals surface area contributed by atoms with Crippen molar-refractivity contribution in [2.24, 2.45) is 5.92 Å². The zero-order valence-electron chi connectivity index (χ0n) is 29.2. The fraction of sp³-hybridized carbons (Fsp3) is 0.326. The van der Waals surface area contributed by atoms with Crippen LogP contribution in [0.3, 0.4) is 0 Å². The first kappa shape index (κ1) is 39.9. The van der Waals surface area contributed by atoms with Crippen LogP contribution in [0, 0.1) is 31.9 Å². The van der Waals surface area contributed by atoms with Crippen LogP contribution in [-0.4, -0.2) is 3.21 Å². The maximum absolute atomic E-state index is 3.53. The molecule has 0 radical (unpaired) electrons. The molecule has 0 aliphatic heterocycles. The summed E-state index contributed by atoms with van der Waals surface area (Å²) in [4.78, 5) is 0. The molecule has 0 saturated heterocycles. The molecule has 0 aromatic heterocycles. The summed E-state index contributed by atoms with van der Waals surface area (Å²) in [6, 6.07) is 32.6. The molecule has 1 unspecified atom stereocenters. The third-order valence-corrected chi connectivity index (χ3v) is 9.71. The van der Waals surface area contributed by atoms with E-state index in [2.05, 4.69) is 166 Å². The van der Waals surface area contributed by atoms with Gasteiger partial charge in [0.25, 0.3) is 0 Å². The quantitative estimate of drug-likeness (QED) is 0.225. The number of benzene rings is 4. The number of fused-ring (bicyclic) bond motifs is 3. The van der Waals surface area contributed by atoms with Crippen LogP contribution in [0.15, 0.2) is 96.6 Å². The normalized spacial score (nSPS) is 14.3. The fourth-order valence-corrected chi connectivity index (χ4v) is 6.16. The van der Waals surface area contributed by atoms with E-state index >= 15 is 0 Å². The van der Waals surface area contributed by atoms with Crippen molar-refractivity contribution in [3.8, 4) is 11.1 Å². The van der Waals surface area contributed by atoms with Crippen LogP contribution >= 0.6 is 0 Å². The zero-order valence-corrected chi connectivity index (χ0v) is 33.2. The van der Waals surface area contributed by atoms with Crippen molar-refractivity contribution in [3.05, 3.63) is 153 Å². The van der Waals surface area contributed by atoms with Crippen LogP contribution in [-0.2, 0) is 41.5 Å². The van der Waals surface area contributed by atoms with Crippen molar-refractivity contribution >= 4 is 3.21 Å². The number of allylic oxidation sites excluding steroid dienone is 4. The number of hydrogen-bond acceptors (Lipinski definition) is 0. The van der Waals surface area contributed by atoms with Gasteiger partial charge in [0.1, 0.15) is 0 Å². The average molecular weight is 727 g/mol. The third kappa shape index (κ3) is 10.6. The van der Waals surface area contributed by atoms with Gasteiger partial charge < -0.3 is 24.8 Å². The van der Waals surface area contributed by atoms with Crippen molar-refractivity contribution < 1.29 is 49.0 Å². The largest absolute Gasteiger partial charge is 1.00 e. The van der Waals surface area contributed by atoms with E-state index in [1.807, 2.05) is 6.08 Å². The van der Waals surface area contributed by atoms with Crippen LogP contribution in [0.4, 0.5) is 0 Å². The molecule has 1 atom stereocenters. The van der Waals surface area contributed by atoms with E-state index in [1.165, 1.54) is 88.6 Å². The Labute approximate surface area is 307 Å². The predicted molar refractivity (Wildman–Crippen MR) is 187 cm³/mol. The predicted octanol–water partition coefficient (Wildman–Crippen LogP) is 5.02. The first-order valence-corrected chi connectivity index (χ1v) is 17.0. The molecule has 0 nitrogen and oxygen atoms in total. The Balaban J connectivity index is 0.000000261. The van der Waals surface area contributed by atoms with E-state index in [0.29, 0.717) is 5.92 Å². The van der Waals surface area contributed by atoms with Crippen molar-refractivity contribution in [3.63, 3.8) is 0 Å². The maximum Gasteiger partial charge on any atom is -1.00 e. The Morgan fingerprint density at radius 1 is 0.696 bits per heavy atom. The van der Waals surface area contributed by atoms with Gasteiger partial charge in [0.05, 0.1) is 0 Å². The zero-order chi connectivity index (χ0) is 32.2. The molecule has 0 amide bonds. The van der Waals surface area contributed by atoms with Gasteiger partial charge in [-0.3, -0.25) is 6.08 Å². The molecule has 2 aliphatic rings. The summed E-state index contributed by atoms with van der Waals surface area (Å²) in [5.41, 5.74) is 15.4. The third-order valence-electron chi connectivity index (χ3n) is 8.29. The SMILES string of the molecule is CC(C)(C)c1c[c-]c2c(c1)-c1cc(C(C)(C)C)ccc1C2.CC1=CC(C)[C-]=C1.Cc1ccc([C](=[Zr+2])c2ccc(C)cc2)cc1.[Cl-].[Cl-]. The molecule has 240 valence electrons. The first-order chi connectivity index (χ1) is 20.6. The monoisotopic (exact) mass is 724 g/mol. The van der Waals surface area contributed by atoms with E-state index < -0.39 is 0 Å². The molecular weight excluding hydrogens is 679 g/mol. The molecule has 0 fully saturated rings. The number of rotatable bonds is 2. The molecule has 0 heterocycles. The summed E-state index contributed by atoms with van der Waals surface area (Å²) >= 11 is 1.46. The van der Waals surface area contributed by atoms with Crippen LogP contribution in [0.25, 0.3) is 11.1 Å². The molecule has 46 heavy (non-hydrogen) atoms. The standard InChI is InChI=1S/C21H25.C15H14.C7H9.2ClH.Zr/c1-20(2,3)16-9-7-14-11-15-8-10-17(21(4,5)6)13-19(15)18(14)12-16;1-12-3-7-14(8-4-12)11-15-9-5-13(2)6-10-15;1-6-3-4-7(2)5-6;;;/h7,9-10,12-13H,11H2,1-6H3;3-10H,1-2H3;3,5,7H,1-2H3;2*1H;/q-1;;-1;;;+2/p-2. The van der Waals surface area contributed by atoms with Gasteiger partial charge in [-0.1, -0.05) is 89.1 Å². The average Bonchev–Trinajstić information content (AvgIpc) is 3.53. The molecule has 0 saturated carbocycles. The number of halogens is 2. The second-order valence-electron chi connectivity index (χ2n) is 14.4. The van der Waals surface area contributed by atoms with Gasteiger partial charge in [0.15, 0.2) is 0 Å². The van der Waals surface area contributed by atoms with Crippen molar-refractivity contribution in [1.82, 2.24) is 0 Å². The van der Waals surface area contributed by atoms with Gasteiger partial charge in [-0.2, -0.15) is 35.4 Å². The minimum absolute atomic E-state index is 0. The van der Waals surface area contributed by atoms with Crippen LogP contribution in [0.1, 0.15) is 99.9 Å². The fourth-order valence-electron chi connectivity index (χ4n) is 5.35. The number of aryl methyl sites for hydroxylation is 2. The van der Waals surface area contributed by atoms with E-state index in [4.69, 9.17) is 0 Å². The number of hydrogen-bond donors (Lipinski definition) is 0. The minimum atomic E-state index is 0. The van der Waals surface area contributed by atoms with E-state index in [0.717, 1.165) is 6.42 Å². The van der Waals surface area contributed by atoms with Crippen molar-refractivity contribution in [1.29, 1.82) is 0 Å². The Bertz CT molecular complexity index is 1570. The Morgan fingerprint density at radius 3 is 1.61 bits per heavy atom. The first-order valence-electron chi connectivity index (χ1n) is 15.8. The van der Waals surface area contributed by atoms with Crippen LogP contribution < -0.4 is 24.8 Å². The molecule has 2 aliphatic carbocycles. The minimum Gasteiger partial charge on any atom is -1.00 e. The molecule has 0 bridgehead atoms. The van der Waals surface area contributed by atoms with Crippen molar-refractivity contribution in [2.45, 2.75) is 86.5 Å². The van der Waals surface area contributed by atoms with Crippen LogP contribution in [0.5, 0.6) is 0 Å². The molecule has 3 heteroatoms. The topological polar surface area (TPSA) is 0 Å². The molecule has 0 N–H and O–H groups in total. The summed E-state index contributed by atoms with van der Waals surface area (Å²) in [5, 5.41) is 0. The van der Waals surface area contributed by atoms with Gasteiger partial charge in [0.2, 0.25) is 0 Å². The summed E-state index contributed by atoms with van der Waals surface area (Å²) in [7, 11) is 0. The summed E-state index contributed by atoms with van der Waals surface area (Å²) in [5.74, 6) is 0.556. The molecular formula is C43H48Cl2Zr-2. The Kier molecular flexibility index (Phi) is 14.5. The van der Waals surface area contributed by atoms with Crippen LogP contribution in [0.2, 0.25) is 0 Å². The van der Waals surface area contributed by atoms with Gasteiger partial charge in [-0.05, 0) is 17.4 Å².